The second-order valence-electron chi connectivity index (χ2n) is 4.40. The fourth-order valence-corrected chi connectivity index (χ4v) is 1.36. The van der Waals surface area contributed by atoms with Crippen molar-refractivity contribution in [2.45, 2.75) is 25.9 Å². The molecule has 0 spiro atoms. The van der Waals surface area contributed by atoms with E-state index in [0.29, 0.717) is 30.3 Å². The third-order valence-corrected chi connectivity index (χ3v) is 2.34. The van der Waals surface area contributed by atoms with Crippen molar-refractivity contribution in [3.8, 4) is 17.2 Å². The van der Waals surface area contributed by atoms with Gasteiger partial charge in [-0.25, -0.2) is 0 Å². The van der Waals surface area contributed by atoms with Crippen molar-refractivity contribution < 1.29 is 19.3 Å². The van der Waals surface area contributed by atoms with Gasteiger partial charge in [-0.15, -0.1) is 0 Å². The molecule has 4 nitrogen and oxygen atoms in total. The lowest BCUT2D eigenvalue weighted by Crippen LogP contribution is -2.22. The first-order valence-electron chi connectivity index (χ1n) is 5.54. The minimum Gasteiger partial charge on any atom is -0.493 e. The number of hydrogen-bond donors (Lipinski definition) is 1. The average molecular weight is 240 g/mol. The lowest BCUT2D eigenvalue weighted by Gasteiger charge is -2.19. The van der Waals surface area contributed by atoms with Gasteiger partial charge >= 0.3 is 0 Å². The standard InChI is InChI=1S/C13H20O4/c1-13(2,14)8-9-17-12-10(15-3)6-5-7-11(12)16-4/h5-7,14H,8-9H2,1-4H3. The van der Waals surface area contributed by atoms with E-state index in [2.05, 4.69) is 0 Å². The molecule has 0 heterocycles. The molecule has 96 valence electrons. The molecule has 1 N–H and O–H groups in total. The molecule has 0 aliphatic rings. The molecule has 0 fully saturated rings. The van der Waals surface area contributed by atoms with Crippen molar-refractivity contribution in [3.63, 3.8) is 0 Å². The molecule has 0 saturated carbocycles. The molecule has 1 aromatic rings. The van der Waals surface area contributed by atoms with Crippen LogP contribution in [0.15, 0.2) is 18.2 Å². The first kappa shape index (κ1) is 13.6. The first-order chi connectivity index (χ1) is 7.98. The summed E-state index contributed by atoms with van der Waals surface area (Å²) in [6, 6.07) is 5.45. The molecular formula is C13H20O4. The molecule has 0 atom stereocenters. The Kier molecular flexibility index (Phi) is 4.63. The quantitative estimate of drug-likeness (QED) is 0.828. The minimum atomic E-state index is -0.741. The lowest BCUT2D eigenvalue weighted by molar-refractivity contribution is 0.0544. The van der Waals surface area contributed by atoms with Crippen molar-refractivity contribution >= 4 is 0 Å². The van der Waals surface area contributed by atoms with Gasteiger partial charge in [-0.1, -0.05) is 6.07 Å². The second kappa shape index (κ2) is 5.77. The predicted octanol–water partition coefficient (Wildman–Crippen LogP) is 2.24. The summed E-state index contributed by atoms with van der Waals surface area (Å²) < 4.78 is 16.0. The maximum Gasteiger partial charge on any atom is 0.203 e. The number of rotatable bonds is 6. The van der Waals surface area contributed by atoms with Crippen molar-refractivity contribution in [2.75, 3.05) is 20.8 Å². The Labute approximate surface area is 102 Å². The zero-order valence-electron chi connectivity index (χ0n) is 10.8. The number of ether oxygens (including phenoxy) is 3. The summed E-state index contributed by atoms with van der Waals surface area (Å²) in [6.45, 7) is 3.89. The molecule has 0 saturated heterocycles. The van der Waals surface area contributed by atoms with Gasteiger partial charge in [0.25, 0.3) is 0 Å². The van der Waals surface area contributed by atoms with Gasteiger partial charge in [0.1, 0.15) is 0 Å². The maximum absolute atomic E-state index is 9.61. The van der Waals surface area contributed by atoms with E-state index in [9.17, 15) is 5.11 Å². The summed E-state index contributed by atoms with van der Waals surface area (Å²) in [7, 11) is 3.16. The van der Waals surface area contributed by atoms with Gasteiger partial charge in [0.05, 0.1) is 26.4 Å². The molecule has 1 aromatic carbocycles. The van der Waals surface area contributed by atoms with E-state index in [1.54, 1.807) is 28.1 Å². The van der Waals surface area contributed by atoms with Crippen LogP contribution in [-0.4, -0.2) is 31.5 Å². The van der Waals surface area contributed by atoms with E-state index in [-0.39, 0.29) is 0 Å². The minimum absolute atomic E-state index is 0.403. The SMILES string of the molecule is COc1cccc(OC)c1OCCC(C)(C)O. The smallest absolute Gasteiger partial charge is 0.203 e. The Morgan fingerprint density at radius 2 is 1.65 bits per heavy atom. The normalized spacial score (nSPS) is 11.1. The fraction of sp³-hybridized carbons (Fsp3) is 0.538. The first-order valence-corrected chi connectivity index (χ1v) is 5.54. The van der Waals surface area contributed by atoms with Crippen LogP contribution >= 0.6 is 0 Å². The largest absolute Gasteiger partial charge is 0.493 e. The van der Waals surface area contributed by atoms with Gasteiger partial charge in [0, 0.05) is 6.42 Å². The second-order valence-corrected chi connectivity index (χ2v) is 4.40. The number of aliphatic hydroxyl groups is 1. The molecule has 0 radical (unpaired) electrons. The highest BCUT2D eigenvalue weighted by Crippen LogP contribution is 2.36. The Morgan fingerprint density at radius 1 is 1.12 bits per heavy atom. The van der Waals surface area contributed by atoms with E-state index in [4.69, 9.17) is 14.2 Å². The molecule has 0 amide bonds. The van der Waals surface area contributed by atoms with E-state index in [0.717, 1.165) is 0 Å². The average Bonchev–Trinajstić information content (AvgIpc) is 2.27. The molecule has 1 rings (SSSR count). The van der Waals surface area contributed by atoms with Crippen LogP contribution in [0.4, 0.5) is 0 Å². The van der Waals surface area contributed by atoms with Crippen LogP contribution < -0.4 is 14.2 Å². The lowest BCUT2D eigenvalue weighted by atomic mass is 10.1. The molecule has 0 aliphatic heterocycles. The highest BCUT2D eigenvalue weighted by Gasteiger charge is 2.15. The predicted molar refractivity (Wildman–Crippen MR) is 66.0 cm³/mol. The van der Waals surface area contributed by atoms with Crippen molar-refractivity contribution in [2.24, 2.45) is 0 Å². The van der Waals surface area contributed by atoms with Gasteiger partial charge in [-0.2, -0.15) is 0 Å². The van der Waals surface area contributed by atoms with E-state index >= 15 is 0 Å². The van der Waals surface area contributed by atoms with Crippen molar-refractivity contribution in [1.29, 1.82) is 0 Å². The zero-order chi connectivity index (χ0) is 12.9. The van der Waals surface area contributed by atoms with Crippen LogP contribution in [0.2, 0.25) is 0 Å². The number of para-hydroxylation sites is 1. The Morgan fingerprint density at radius 3 is 2.06 bits per heavy atom. The highest BCUT2D eigenvalue weighted by atomic mass is 16.5. The fourth-order valence-electron chi connectivity index (χ4n) is 1.36. The molecule has 0 aliphatic carbocycles. The molecule has 0 bridgehead atoms. The van der Waals surface area contributed by atoms with E-state index < -0.39 is 5.60 Å². The summed E-state index contributed by atoms with van der Waals surface area (Å²) in [4.78, 5) is 0. The van der Waals surface area contributed by atoms with Crippen molar-refractivity contribution in [1.82, 2.24) is 0 Å². The van der Waals surface area contributed by atoms with Gasteiger partial charge in [0.2, 0.25) is 5.75 Å². The Balaban J connectivity index is 2.74. The molecular weight excluding hydrogens is 220 g/mol. The van der Waals surface area contributed by atoms with Gasteiger partial charge < -0.3 is 19.3 Å². The van der Waals surface area contributed by atoms with Crippen LogP contribution in [0.25, 0.3) is 0 Å². The molecule has 0 unspecified atom stereocenters. The number of methoxy groups -OCH3 is 2. The number of hydrogen-bond acceptors (Lipinski definition) is 4. The van der Waals surface area contributed by atoms with E-state index in [1.807, 2.05) is 18.2 Å². The number of benzene rings is 1. The summed E-state index contributed by atoms with van der Waals surface area (Å²) >= 11 is 0. The van der Waals surface area contributed by atoms with Gasteiger partial charge in [-0.3, -0.25) is 0 Å². The van der Waals surface area contributed by atoms with E-state index in [1.165, 1.54) is 0 Å². The third kappa shape index (κ3) is 4.15. The van der Waals surface area contributed by atoms with Crippen LogP contribution in [0.1, 0.15) is 20.3 Å². The zero-order valence-corrected chi connectivity index (χ0v) is 10.8. The molecule has 17 heavy (non-hydrogen) atoms. The van der Waals surface area contributed by atoms with Crippen molar-refractivity contribution in [3.05, 3.63) is 18.2 Å². The summed E-state index contributed by atoms with van der Waals surface area (Å²) in [5.41, 5.74) is -0.741. The van der Waals surface area contributed by atoms with Crippen LogP contribution in [0.5, 0.6) is 17.2 Å². The Bertz CT molecular complexity index is 333. The molecule has 0 aromatic heterocycles. The monoisotopic (exact) mass is 240 g/mol. The Hall–Kier alpha value is -1.42. The summed E-state index contributed by atoms with van der Waals surface area (Å²) in [6.07, 6.45) is 0.536. The summed E-state index contributed by atoms with van der Waals surface area (Å²) in [5.74, 6) is 1.82. The van der Waals surface area contributed by atoms with Crippen LogP contribution in [-0.2, 0) is 0 Å². The topological polar surface area (TPSA) is 47.9 Å². The van der Waals surface area contributed by atoms with Crippen LogP contribution in [0.3, 0.4) is 0 Å². The molecule has 4 heteroatoms. The highest BCUT2D eigenvalue weighted by molar-refractivity contribution is 5.51. The summed E-state index contributed by atoms with van der Waals surface area (Å²) in [5, 5.41) is 9.61. The maximum atomic E-state index is 9.61. The van der Waals surface area contributed by atoms with Gasteiger partial charge in [0.15, 0.2) is 11.5 Å². The van der Waals surface area contributed by atoms with Crippen LogP contribution in [0, 0.1) is 0 Å². The van der Waals surface area contributed by atoms with Gasteiger partial charge in [-0.05, 0) is 26.0 Å². The third-order valence-electron chi connectivity index (χ3n) is 2.34.